The van der Waals surface area contributed by atoms with Crippen LogP contribution in [-0.4, -0.2) is 28.4 Å². The number of carbonyl (C=O) groups is 2. The van der Waals surface area contributed by atoms with Gasteiger partial charge in [-0.2, -0.15) is 0 Å². The lowest BCUT2D eigenvalue weighted by molar-refractivity contribution is -0.119. The van der Waals surface area contributed by atoms with Crippen molar-refractivity contribution in [2.75, 3.05) is 0 Å². The van der Waals surface area contributed by atoms with Crippen LogP contribution in [0.25, 0.3) is 0 Å². The molecule has 0 aromatic heterocycles. The van der Waals surface area contributed by atoms with E-state index in [1.165, 1.54) is 0 Å². The minimum absolute atomic E-state index is 0.300. The standard InChI is InChI=1S/C15H19Cl2NO3/c1-15(2,3)21-14(20)18-11(12(19)13(16)17)9-10-7-5-4-6-8-10/h4-8,11,13H,9H2,1-3H3,(H,18,20). The summed E-state index contributed by atoms with van der Waals surface area (Å²) in [6.45, 7) is 5.23. The summed E-state index contributed by atoms with van der Waals surface area (Å²) >= 11 is 11.3. The number of nitrogens with one attached hydrogen (secondary N) is 1. The van der Waals surface area contributed by atoms with Crippen molar-refractivity contribution >= 4 is 35.1 Å². The first-order valence-electron chi connectivity index (χ1n) is 6.54. The Kier molecular flexibility index (Phi) is 6.49. The van der Waals surface area contributed by atoms with E-state index in [1.807, 2.05) is 30.3 Å². The number of benzene rings is 1. The number of hydrogen-bond acceptors (Lipinski definition) is 3. The van der Waals surface area contributed by atoms with Crippen LogP contribution in [0.15, 0.2) is 30.3 Å². The molecule has 1 amide bonds. The maximum absolute atomic E-state index is 12.0. The Morgan fingerprint density at radius 1 is 1.19 bits per heavy atom. The molecule has 0 aliphatic heterocycles. The Morgan fingerprint density at radius 2 is 1.76 bits per heavy atom. The predicted molar refractivity (Wildman–Crippen MR) is 83.8 cm³/mol. The molecule has 1 rings (SSSR count). The van der Waals surface area contributed by atoms with E-state index < -0.39 is 28.4 Å². The number of rotatable bonds is 5. The molecule has 0 saturated heterocycles. The number of carbonyl (C=O) groups excluding carboxylic acids is 2. The number of hydrogen-bond donors (Lipinski definition) is 1. The second-order valence-electron chi connectivity index (χ2n) is 5.59. The molecule has 0 aliphatic carbocycles. The van der Waals surface area contributed by atoms with Gasteiger partial charge < -0.3 is 10.1 Å². The highest BCUT2D eigenvalue weighted by Gasteiger charge is 2.27. The van der Waals surface area contributed by atoms with Crippen molar-refractivity contribution in [3.05, 3.63) is 35.9 Å². The van der Waals surface area contributed by atoms with Gasteiger partial charge in [-0.1, -0.05) is 53.5 Å². The van der Waals surface area contributed by atoms with Gasteiger partial charge in [-0.25, -0.2) is 4.79 Å². The molecule has 1 aromatic rings. The molecule has 1 unspecified atom stereocenters. The van der Waals surface area contributed by atoms with Crippen LogP contribution in [0.3, 0.4) is 0 Å². The summed E-state index contributed by atoms with van der Waals surface area (Å²) < 4.78 is 5.15. The zero-order valence-corrected chi connectivity index (χ0v) is 13.7. The van der Waals surface area contributed by atoms with E-state index in [-0.39, 0.29) is 0 Å². The number of alkyl carbamates (subject to hydrolysis) is 1. The van der Waals surface area contributed by atoms with Crippen LogP contribution in [0, 0.1) is 0 Å². The molecule has 0 radical (unpaired) electrons. The van der Waals surface area contributed by atoms with Gasteiger partial charge in [0.1, 0.15) is 5.60 Å². The van der Waals surface area contributed by atoms with E-state index in [1.54, 1.807) is 20.8 Å². The average molecular weight is 332 g/mol. The van der Waals surface area contributed by atoms with E-state index in [2.05, 4.69) is 5.32 Å². The van der Waals surface area contributed by atoms with Crippen molar-refractivity contribution in [2.24, 2.45) is 0 Å². The molecular formula is C15H19Cl2NO3. The summed E-state index contributed by atoms with van der Waals surface area (Å²) in [4.78, 5) is 22.6. The van der Waals surface area contributed by atoms with Crippen LogP contribution < -0.4 is 5.32 Å². The summed E-state index contributed by atoms with van der Waals surface area (Å²) in [7, 11) is 0. The van der Waals surface area contributed by atoms with E-state index in [9.17, 15) is 9.59 Å². The highest BCUT2D eigenvalue weighted by molar-refractivity contribution is 6.54. The molecule has 1 aromatic carbocycles. The molecule has 0 saturated carbocycles. The number of ether oxygens (including phenoxy) is 1. The second kappa shape index (κ2) is 7.66. The topological polar surface area (TPSA) is 55.4 Å². The highest BCUT2D eigenvalue weighted by Crippen LogP contribution is 2.13. The maximum atomic E-state index is 12.0. The summed E-state index contributed by atoms with van der Waals surface area (Å²) in [5.41, 5.74) is 0.243. The van der Waals surface area contributed by atoms with Crippen molar-refractivity contribution in [1.82, 2.24) is 5.32 Å². The fourth-order valence-corrected chi connectivity index (χ4v) is 1.98. The largest absolute Gasteiger partial charge is 0.444 e. The predicted octanol–water partition coefficient (Wildman–Crippen LogP) is 3.50. The van der Waals surface area contributed by atoms with Crippen LogP contribution in [0.1, 0.15) is 26.3 Å². The van der Waals surface area contributed by atoms with Crippen LogP contribution >= 0.6 is 23.2 Å². The quantitative estimate of drug-likeness (QED) is 0.840. The molecule has 4 nitrogen and oxygen atoms in total. The van der Waals surface area contributed by atoms with Gasteiger partial charge in [-0.15, -0.1) is 0 Å². The number of halogens is 2. The molecule has 21 heavy (non-hydrogen) atoms. The fraction of sp³-hybridized carbons (Fsp3) is 0.467. The van der Waals surface area contributed by atoms with Gasteiger partial charge in [0, 0.05) is 0 Å². The summed E-state index contributed by atoms with van der Waals surface area (Å²) in [5.74, 6) is -0.465. The Balaban J connectivity index is 2.78. The Labute approximate surface area is 134 Å². The molecule has 0 bridgehead atoms. The lowest BCUT2D eigenvalue weighted by Crippen LogP contribution is -2.46. The fourth-order valence-electron chi connectivity index (χ4n) is 1.67. The molecule has 6 heteroatoms. The van der Waals surface area contributed by atoms with Gasteiger partial charge >= 0.3 is 6.09 Å². The van der Waals surface area contributed by atoms with E-state index in [0.717, 1.165) is 5.56 Å². The lowest BCUT2D eigenvalue weighted by Gasteiger charge is -2.23. The first-order valence-corrected chi connectivity index (χ1v) is 7.41. The molecule has 116 valence electrons. The zero-order chi connectivity index (χ0) is 16.0. The highest BCUT2D eigenvalue weighted by atomic mass is 35.5. The molecule has 1 atom stereocenters. The molecule has 0 aliphatic rings. The average Bonchev–Trinajstić information content (AvgIpc) is 2.36. The van der Waals surface area contributed by atoms with E-state index >= 15 is 0 Å². The van der Waals surface area contributed by atoms with E-state index in [0.29, 0.717) is 6.42 Å². The van der Waals surface area contributed by atoms with Crippen molar-refractivity contribution in [3.8, 4) is 0 Å². The number of alkyl halides is 2. The minimum Gasteiger partial charge on any atom is -0.444 e. The van der Waals surface area contributed by atoms with Gasteiger partial charge in [0.05, 0.1) is 6.04 Å². The van der Waals surface area contributed by atoms with Crippen molar-refractivity contribution < 1.29 is 14.3 Å². The lowest BCUT2D eigenvalue weighted by atomic mass is 10.0. The maximum Gasteiger partial charge on any atom is 0.408 e. The zero-order valence-electron chi connectivity index (χ0n) is 12.2. The number of ketones is 1. The first-order chi connectivity index (χ1) is 9.69. The smallest absolute Gasteiger partial charge is 0.408 e. The van der Waals surface area contributed by atoms with Gasteiger partial charge in [0.15, 0.2) is 10.6 Å². The first kappa shape index (κ1) is 17.8. The van der Waals surface area contributed by atoms with E-state index in [4.69, 9.17) is 27.9 Å². The third-order valence-electron chi connectivity index (χ3n) is 2.53. The minimum atomic E-state index is -1.20. The van der Waals surface area contributed by atoms with Gasteiger partial charge in [-0.05, 0) is 32.8 Å². The van der Waals surface area contributed by atoms with Crippen LogP contribution in [0.5, 0.6) is 0 Å². The Morgan fingerprint density at radius 3 is 2.24 bits per heavy atom. The third-order valence-corrected chi connectivity index (χ3v) is 2.96. The van der Waals surface area contributed by atoms with Crippen molar-refractivity contribution in [2.45, 2.75) is 43.7 Å². The SMILES string of the molecule is CC(C)(C)OC(=O)NC(Cc1ccccc1)C(=O)C(Cl)Cl. The monoisotopic (exact) mass is 331 g/mol. The van der Waals surface area contributed by atoms with Crippen molar-refractivity contribution in [3.63, 3.8) is 0 Å². The molecular weight excluding hydrogens is 313 g/mol. The molecule has 0 spiro atoms. The summed E-state index contributed by atoms with van der Waals surface area (Å²) in [6, 6.07) is 8.45. The van der Waals surface area contributed by atoms with Crippen molar-refractivity contribution in [1.29, 1.82) is 0 Å². The van der Waals surface area contributed by atoms with Crippen LogP contribution in [0.4, 0.5) is 4.79 Å². The Bertz CT molecular complexity index is 483. The Hall–Kier alpha value is -1.26. The molecule has 0 heterocycles. The molecule has 0 fully saturated rings. The van der Waals surface area contributed by atoms with Gasteiger partial charge in [-0.3, -0.25) is 4.79 Å². The number of amides is 1. The van der Waals surface area contributed by atoms with Gasteiger partial charge in [0.2, 0.25) is 0 Å². The second-order valence-corrected chi connectivity index (χ2v) is 6.69. The third kappa shape index (κ3) is 6.82. The normalized spacial score (nSPS) is 12.9. The summed E-state index contributed by atoms with van der Waals surface area (Å²) in [5, 5.41) is 2.52. The number of Topliss-reactive ketones (excluding diaryl/α,β-unsaturated/α-hetero) is 1. The molecule has 1 N–H and O–H groups in total. The van der Waals surface area contributed by atoms with Crippen LogP contribution in [0.2, 0.25) is 0 Å². The summed E-state index contributed by atoms with van der Waals surface area (Å²) in [6.07, 6.45) is -0.375. The van der Waals surface area contributed by atoms with Crippen LogP contribution in [-0.2, 0) is 16.0 Å². The van der Waals surface area contributed by atoms with Gasteiger partial charge in [0.25, 0.3) is 0 Å².